The molecule has 0 spiro atoms. The maximum Gasteiger partial charge on any atom is 0.124 e. The van der Waals surface area contributed by atoms with Crippen LogP contribution in [0.5, 0.6) is 17.2 Å². The standard InChI is InChI=1S/C18H15O3P.C7H8O3S/c19-13-1-7-16(8-2-13)22(17-9-3-14(20)4-10-17)18-11-5-15(21)6-12-18;1-6-2-4-7(5-3-6)11(8,9)10/h1-12,19-21H;2-5H,1H3,(H,8,9,10). The maximum absolute atomic E-state index is 10.4. The molecular weight excluding hydrogens is 459 g/mol. The molecule has 4 aromatic carbocycles. The quantitative estimate of drug-likeness (QED) is 0.304. The molecule has 0 aliphatic rings. The van der Waals surface area contributed by atoms with E-state index in [0.717, 1.165) is 21.5 Å². The Kier molecular flexibility index (Phi) is 7.71. The zero-order valence-electron chi connectivity index (χ0n) is 17.7. The Morgan fingerprint density at radius 1 is 0.576 bits per heavy atom. The number of aryl methyl sites for hydroxylation is 1. The van der Waals surface area contributed by atoms with Gasteiger partial charge in [0.2, 0.25) is 0 Å². The van der Waals surface area contributed by atoms with E-state index in [9.17, 15) is 28.3 Å². The van der Waals surface area contributed by atoms with E-state index in [1.165, 1.54) is 12.1 Å². The van der Waals surface area contributed by atoms with E-state index in [4.69, 9.17) is 0 Å². The molecule has 0 bridgehead atoms. The molecule has 4 aromatic rings. The smallest absolute Gasteiger partial charge is 0.124 e. The average Bonchev–Trinajstić information content (AvgIpc) is 2.78. The normalized spacial score (nSPS) is 11.0. The highest BCUT2D eigenvalue weighted by atomic mass is 32.2. The maximum atomic E-state index is 10.4. The third kappa shape index (κ3) is 6.80. The molecule has 3 N–H and O–H groups in total. The Hall–Kier alpha value is -3.38. The number of hydrogen-bond donors (Lipinski definition) is 3. The Morgan fingerprint density at radius 3 is 1.15 bits per heavy atom. The largest absolute Gasteiger partial charge is 0.744 e. The molecule has 4 rings (SSSR count). The van der Waals surface area contributed by atoms with E-state index in [-0.39, 0.29) is 22.1 Å². The van der Waals surface area contributed by atoms with Crippen LogP contribution in [0.2, 0.25) is 0 Å². The molecule has 8 heteroatoms. The molecule has 0 saturated carbocycles. The fourth-order valence-corrected chi connectivity index (χ4v) is 6.06. The molecule has 0 saturated heterocycles. The minimum Gasteiger partial charge on any atom is -0.744 e. The summed E-state index contributed by atoms with van der Waals surface area (Å²) in [6, 6.07) is 27.4. The Morgan fingerprint density at radius 2 is 0.879 bits per heavy atom. The van der Waals surface area contributed by atoms with Crippen LogP contribution in [-0.4, -0.2) is 28.3 Å². The first-order valence-corrected chi connectivity index (χ1v) is 12.8. The lowest BCUT2D eigenvalue weighted by Crippen LogP contribution is -2.20. The predicted molar refractivity (Wildman–Crippen MR) is 131 cm³/mol. The van der Waals surface area contributed by atoms with E-state index in [1.807, 2.05) is 43.3 Å². The first-order valence-electron chi connectivity index (χ1n) is 9.91. The summed E-state index contributed by atoms with van der Waals surface area (Å²) in [5.74, 6) is 0.713. The second kappa shape index (κ2) is 10.5. The number of hydrogen-bond acceptors (Lipinski definition) is 6. The van der Waals surface area contributed by atoms with E-state index in [2.05, 4.69) is 0 Å². The molecule has 0 amide bonds. The topological polar surface area (TPSA) is 118 Å². The van der Waals surface area contributed by atoms with E-state index in [1.54, 1.807) is 48.5 Å². The summed E-state index contributed by atoms with van der Waals surface area (Å²) < 4.78 is 31.2. The van der Waals surface area contributed by atoms with Crippen molar-refractivity contribution in [3.8, 4) is 17.2 Å². The summed E-state index contributed by atoms with van der Waals surface area (Å²) in [5, 5.41) is 31.9. The monoisotopic (exact) mass is 482 g/mol. The van der Waals surface area contributed by atoms with Crippen LogP contribution >= 0.6 is 7.92 Å². The number of rotatable bonds is 4. The van der Waals surface area contributed by atoms with Crippen LogP contribution in [0.4, 0.5) is 0 Å². The lowest BCUT2D eigenvalue weighted by Gasteiger charge is -2.11. The molecule has 0 atom stereocenters. The van der Waals surface area contributed by atoms with Gasteiger partial charge in [0.05, 0.1) is 12.8 Å². The third-order valence-electron chi connectivity index (χ3n) is 4.78. The van der Waals surface area contributed by atoms with Gasteiger partial charge in [0.25, 0.3) is 0 Å². The van der Waals surface area contributed by atoms with E-state index in [0.29, 0.717) is 0 Å². The Labute approximate surface area is 193 Å². The van der Waals surface area contributed by atoms with Gasteiger partial charge in [-0.15, -0.1) is 0 Å². The fourth-order valence-electron chi connectivity index (χ4n) is 3.09. The molecule has 0 fully saturated rings. The minimum atomic E-state index is -4.27. The van der Waals surface area contributed by atoms with Crippen molar-refractivity contribution in [1.82, 2.24) is 0 Å². The number of aromatic hydroxyl groups is 3. The van der Waals surface area contributed by atoms with Gasteiger partial charge in [-0.05, 0) is 91.9 Å². The van der Waals surface area contributed by atoms with Gasteiger partial charge in [-0.2, -0.15) is 0 Å². The number of phenols is 3. The van der Waals surface area contributed by atoms with Gasteiger partial charge in [-0.3, -0.25) is 0 Å². The molecule has 0 heterocycles. The van der Waals surface area contributed by atoms with Crippen molar-refractivity contribution >= 4 is 34.0 Å². The van der Waals surface area contributed by atoms with E-state index < -0.39 is 18.0 Å². The van der Waals surface area contributed by atoms with Crippen LogP contribution in [0.15, 0.2) is 102 Å². The third-order valence-corrected chi connectivity index (χ3v) is 8.36. The van der Waals surface area contributed by atoms with E-state index >= 15 is 0 Å². The molecule has 170 valence electrons. The second-order valence-corrected chi connectivity index (χ2v) is 11.1. The van der Waals surface area contributed by atoms with Crippen LogP contribution < -0.4 is 15.9 Å². The van der Waals surface area contributed by atoms with Crippen LogP contribution in [0.3, 0.4) is 0 Å². The Balaban J connectivity index is 0.000000235. The van der Waals surface area contributed by atoms with Crippen molar-refractivity contribution in [2.24, 2.45) is 0 Å². The van der Waals surface area contributed by atoms with Crippen LogP contribution in [0.25, 0.3) is 0 Å². The molecule has 0 aromatic heterocycles. The summed E-state index contributed by atoms with van der Waals surface area (Å²) >= 11 is 0. The fraction of sp³-hybridized carbons (Fsp3) is 0.0400. The van der Waals surface area contributed by atoms with Crippen LogP contribution in [0.1, 0.15) is 5.56 Å². The van der Waals surface area contributed by atoms with Gasteiger partial charge in [0.1, 0.15) is 43.3 Å². The van der Waals surface area contributed by atoms with Crippen LogP contribution in [-0.2, 0) is 10.1 Å². The van der Waals surface area contributed by atoms with Gasteiger partial charge >= 0.3 is 0 Å². The van der Waals surface area contributed by atoms with Crippen LogP contribution in [0, 0.1) is 6.92 Å². The highest BCUT2D eigenvalue weighted by molar-refractivity contribution is 7.85. The molecular formula is C25H23O6PS. The van der Waals surface area contributed by atoms with Gasteiger partial charge in [-0.1, -0.05) is 17.7 Å². The van der Waals surface area contributed by atoms with Crippen molar-refractivity contribution in [3.63, 3.8) is 0 Å². The predicted octanol–water partition coefficient (Wildman–Crippen LogP) is 3.19. The average molecular weight is 482 g/mol. The van der Waals surface area contributed by atoms with Gasteiger partial charge in [0, 0.05) is 0 Å². The van der Waals surface area contributed by atoms with Crippen molar-refractivity contribution in [1.29, 1.82) is 0 Å². The van der Waals surface area contributed by atoms with Gasteiger partial charge < -0.3 is 19.9 Å². The highest BCUT2D eigenvalue weighted by Gasteiger charge is 2.25. The zero-order valence-corrected chi connectivity index (χ0v) is 19.5. The molecule has 0 aliphatic carbocycles. The summed E-state index contributed by atoms with van der Waals surface area (Å²) in [5.41, 5.74) is 0.928. The van der Waals surface area contributed by atoms with Gasteiger partial charge in [0.15, 0.2) is 0 Å². The Bertz CT molecular complexity index is 1180. The minimum absolute atomic E-state index is 0.178. The van der Waals surface area contributed by atoms with Crippen molar-refractivity contribution in [3.05, 3.63) is 103 Å². The van der Waals surface area contributed by atoms with Crippen molar-refractivity contribution < 1.29 is 28.3 Å². The first-order chi connectivity index (χ1) is 15.6. The van der Waals surface area contributed by atoms with Crippen molar-refractivity contribution in [2.45, 2.75) is 11.8 Å². The summed E-state index contributed by atoms with van der Waals surface area (Å²) in [6.45, 7) is 1.82. The second-order valence-electron chi connectivity index (χ2n) is 7.28. The molecule has 0 unspecified atom stereocenters. The lowest BCUT2D eigenvalue weighted by molar-refractivity contribution is 0.463. The zero-order chi connectivity index (χ0) is 24.0. The number of benzene rings is 4. The molecule has 33 heavy (non-hydrogen) atoms. The molecule has 0 aliphatic heterocycles. The highest BCUT2D eigenvalue weighted by Crippen LogP contribution is 2.34. The summed E-state index contributed by atoms with van der Waals surface area (Å²) in [7, 11) is -5.53. The SMILES string of the molecule is Cc1ccc(S(=O)(=O)[O-])cc1.Oc1ccc([PH+](c2ccc(O)cc2)c2ccc(O)cc2)cc1. The van der Waals surface area contributed by atoms with Crippen molar-refractivity contribution in [2.75, 3.05) is 0 Å². The first kappa shape index (κ1) is 24.3. The molecule has 6 nitrogen and oxygen atoms in total. The lowest BCUT2D eigenvalue weighted by atomic mass is 10.2. The number of phenolic OH excluding ortho intramolecular Hbond substituents is 3. The summed E-state index contributed by atoms with van der Waals surface area (Å²) in [4.78, 5) is -0.178. The summed E-state index contributed by atoms with van der Waals surface area (Å²) in [6.07, 6.45) is 0. The molecule has 0 radical (unpaired) electrons. The van der Waals surface area contributed by atoms with Gasteiger partial charge in [-0.25, -0.2) is 8.42 Å².